The van der Waals surface area contributed by atoms with Crippen LogP contribution in [0.25, 0.3) is 0 Å². The number of nitrogens with one attached hydrogen (secondary N) is 2. The molecule has 2 N–H and O–H groups in total. The monoisotopic (exact) mass is 380 g/mol. The van der Waals surface area contributed by atoms with Gasteiger partial charge in [0.25, 0.3) is 5.91 Å². The van der Waals surface area contributed by atoms with Crippen molar-refractivity contribution in [3.05, 3.63) is 59.4 Å². The maximum absolute atomic E-state index is 13.8. The summed E-state index contributed by atoms with van der Waals surface area (Å²) >= 11 is 0. The van der Waals surface area contributed by atoms with Crippen molar-refractivity contribution < 1.29 is 22.3 Å². The molecular weight excluding hydrogens is 359 g/mol. The van der Waals surface area contributed by atoms with E-state index in [4.69, 9.17) is 4.74 Å². The molecule has 1 amide bonds. The fourth-order valence-electron chi connectivity index (χ4n) is 2.37. The Morgan fingerprint density at radius 3 is 2.38 bits per heavy atom. The standard InChI is InChI=1S/C18H21FN2O4S/c1-4-20-26(23,24)15-8-5-13(6-9-15)18(22)21-12(2)14-7-10-17(25-3)16(19)11-14/h5-12,20H,4H2,1-3H3,(H,21,22)/t12-/m1/s1. The van der Waals surface area contributed by atoms with Crippen molar-refractivity contribution in [2.24, 2.45) is 0 Å². The Balaban J connectivity index is 2.11. The summed E-state index contributed by atoms with van der Waals surface area (Å²) in [5, 5.41) is 2.75. The molecule has 8 heteroatoms. The van der Waals surface area contributed by atoms with Crippen LogP contribution in [-0.2, 0) is 10.0 Å². The zero-order valence-corrected chi connectivity index (χ0v) is 15.6. The summed E-state index contributed by atoms with van der Waals surface area (Å²) in [5.41, 5.74) is 0.893. The minimum Gasteiger partial charge on any atom is -0.494 e. The number of hydrogen-bond donors (Lipinski definition) is 2. The van der Waals surface area contributed by atoms with Crippen LogP contribution in [0.1, 0.15) is 35.8 Å². The predicted octanol–water partition coefficient (Wildman–Crippen LogP) is 2.62. The molecule has 1 atom stereocenters. The Labute approximate surface area is 152 Å². The maximum atomic E-state index is 13.8. The van der Waals surface area contributed by atoms with Gasteiger partial charge in [0.15, 0.2) is 11.6 Å². The first-order valence-corrected chi connectivity index (χ1v) is 9.50. The molecule has 0 unspecified atom stereocenters. The number of methoxy groups -OCH3 is 1. The third-order valence-electron chi connectivity index (χ3n) is 3.78. The van der Waals surface area contributed by atoms with Crippen LogP contribution in [0.5, 0.6) is 5.75 Å². The van der Waals surface area contributed by atoms with Crippen LogP contribution in [-0.4, -0.2) is 28.0 Å². The zero-order chi connectivity index (χ0) is 19.3. The molecule has 0 aromatic heterocycles. The highest BCUT2D eigenvalue weighted by Crippen LogP contribution is 2.22. The van der Waals surface area contributed by atoms with Gasteiger partial charge < -0.3 is 10.1 Å². The van der Waals surface area contributed by atoms with Gasteiger partial charge in [0, 0.05) is 12.1 Å². The summed E-state index contributed by atoms with van der Waals surface area (Å²) in [6, 6.07) is 9.62. The minimum atomic E-state index is -3.57. The molecule has 2 aromatic rings. The molecule has 0 fully saturated rings. The lowest BCUT2D eigenvalue weighted by Gasteiger charge is -2.15. The van der Waals surface area contributed by atoms with E-state index < -0.39 is 21.9 Å². The smallest absolute Gasteiger partial charge is 0.251 e. The third-order valence-corrected chi connectivity index (χ3v) is 5.35. The van der Waals surface area contributed by atoms with Crippen LogP contribution >= 0.6 is 0 Å². The topological polar surface area (TPSA) is 84.5 Å². The molecule has 0 aliphatic rings. The number of ether oxygens (including phenoxy) is 1. The van der Waals surface area contributed by atoms with E-state index in [9.17, 15) is 17.6 Å². The normalized spacial score (nSPS) is 12.5. The van der Waals surface area contributed by atoms with Crippen molar-refractivity contribution in [1.29, 1.82) is 0 Å². The number of carbonyl (C=O) groups excluding carboxylic acids is 1. The number of sulfonamides is 1. The molecule has 0 aliphatic heterocycles. The summed E-state index contributed by atoms with van der Waals surface area (Å²) in [4.78, 5) is 12.4. The van der Waals surface area contributed by atoms with Crippen LogP contribution < -0.4 is 14.8 Å². The predicted molar refractivity (Wildman–Crippen MR) is 96.1 cm³/mol. The molecule has 0 saturated heterocycles. The van der Waals surface area contributed by atoms with Crippen LogP contribution in [0.3, 0.4) is 0 Å². The van der Waals surface area contributed by atoms with Gasteiger partial charge in [-0.05, 0) is 48.9 Å². The van der Waals surface area contributed by atoms with Crippen molar-refractivity contribution in [1.82, 2.24) is 10.0 Å². The summed E-state index contributed by atoms with van der Waals surface area (Å²) in [5.74, 6) is -0.769. The molecule has 0 heterocycles. The molecule has 0 radical (unpaired) electrons. The highest BCUT2D eigenvalue weighted by Gasteiger charge is 2.16. The summed E-state index contributed by atoms with van der Waals surface area (Å²) in [6.45, 7) is 3.69. The van der Waals surface area contributed by atoms with Gasteiger partial charge in [0.1, 0.15) is 0 Å². The van der Waals surface area contributed by atoms with Crippen LogP contribution in [0.15, 0.2) is 47.4 Å². The number of benzene rings is 2. The van der Waals surface area contributed by atoms with E-state index in [0.29, 0.717) is 11.1 Å². The van der Waals surface area contributed by atoms with Gasteiger partial charge in [-0.3, -0.25) is 4.79 Å². The largest absolute Gasteiger partial charge is 0.494 e. The van der Waals surface area contributed by atoms with Gasteiger partial charge in [-0.2, -0.15) is 0 Å². The van der Waals surface area contributed by atoms with Crippen molar-refractivity contribution in [2.45, 2.75) is 24.8 Å². The van der Waals surface area contributed by atoms with Gasteiger partial charge in [-0.1, -0.05) is 13.0 Å². The van der Waals surface area contributed by atoms with E-state index >= 15 is 0 Å². The third kappa shape index (κ3) is 4.59. The van der Waals surface area contributed by atoms with Crippen molar-refractivity contribution >= 4 is 15.9 Å². The van der Waals surface area contributed by atoms with Crippen molar-refractivity contribution in [3.63, 3.8) is 0 Å². The molecule has 2 aromatic carbocycles. The Morgan fingerprint density at radius 1 is 1.19 bits per heavy atom. The van der Waals surface area contributed by atoms with E-state index in [1.165, 1.54) is 43.5 Å². The van der Waals surface area contributed by atoms with E-state index in [0.717, 1.165) is 0 Å². The SMILES string of the molecule is CCNS(=O)(=O)c1ccc(C(=O)N[C@H](C)c2ccc(OC)c(F)c2)cc1. The average molecular weight is 380 g/mol. The quantitative estimate of drug-likeness (QED) is 0.773. The molecular formula is C18H21FN2O4S. The highest BCUT2D eigenvalue weighted by atomic mass is 32.2. The second-order valence-corrected chi connectivity index (χ2v) is 7.38. The van der Waals surface area contributed by atoms with Crippen LogP contribution in [0.4, 0.5) is 4.39 Å². The van der Waals surface area contributed by atoms with Crippen molar-refractivity contribution in [2.75, 3.05) is 13.7 Å². The molecule has 140 valence electrons. The fraction of sp³-hybridized carbons (Fsp3) is 0.278. The summed E-state index contributed by atoms with van der Waals surface area (Å²) in [6.07, 6.45) is 0. The molecule has 0 aliphatic carbocycles. The number of amides is 1. The van der Waals surface area contributed by atoms with Gasteiger partial charge in [0.2, 0.25) is 10.0 Å². The Morgan fingerprint density at radius 2 is 1.85 bits per heavy atom. The summed E-state index contributed by atoms with van der Waals surface area (Å²) in [7, 11) is -2.19. The van der Waals surface area contributed by atoms with Gasteiger partial charge in [-0.25, -0.2) is 17.5 Å². The van der Waals surface area contributed by atoms with Crippen LogP contribution in [0.2, 0.25) is 0 Å². The molecule has 6 nitrogen and oxygen atoms in total. The highest BCUT2D eigenvalue weighted by molar-refractivity contribution is 7.89. The van der Waals surface area contributed by atoms with Gasteiger partial charge >= 0.3 is 0 Å². The van der Waals surface area contributed by atoms with E-state index in [2.05, 4.69) is 10.0 Å². The lowest BCUT2D eigenvalue weighted by molar-refractivity contribution is 0.0939. The Kier molecular flexibility index (Phi) is 6.33. The van der Waals surface area contributed by atoms with E-state index in [-0.39, 0.29) is 23.1 Å². The Bertz CT molecular complexity index is 883. The molecule has 0 saturated carbocycles. The van der Waals surface area contributed by atoms with Gasteiger partial charge in [-0.15, -0.1) is 0 Å². The van der Waals surface area contributed by atoms with Crippen molar-refractivity contribution in [3.8, 4) is 5.75 Å². The first-order valence-electron chi connectivity index (χ1n) is 8.02. The minimum absolute atomic E-state index is 0.0844. The van der Waals surface area contributed by atoms with E-state index in [1.54, 1.807) is 19.9 Å². The molecule has 2 rings (SSSR count). The lowest BCUT2D eigenvalue weighted by Crippen LogP contribution is -2.27. The molecule has 0 spiro atoms. The second kappa shape index (κ2) is 8.29. The summed E-state index contributed by atoms with van der Waals surface area (Å²) < 4.78 is 44.8. The lowest BCUT2D eigenvalue weighted by atomic mass is 10.1. The molecule has 0 bridgehead atoms. The average Bonchev–Trinajstić information content (AvgIpc) is 2.61. The van der Waals surface area contributed by atoms with E-state index in [1.807, 2.05) is 0 Å². The number of halogens is 1. The number of rotatable bonds is 7. The fourth-order valence-corrected chi connectivity index (χ4v) is 3.42. The first-order chi connectivity index (χ1) is 12.3. The Hall–Kier alpha value is -2.45. The van der Waals surface area contributed by atoms with Crippen LogP contribution in [0, 0.1) is 5.82 Å². The zero-order valence-electron chi connectivity index (χ0n) is 14.7. The first kappa shape index (κ1) is 19.9. The second-order valence-electron chi connectivity index (χ2n) is 5.61. The number of hydrogen-bond acceptors (Lipinski definition) is 4. The maximum Gasteiger partial charge on any atom is 0.251 e. The molecule has 26 heavy (non-hydrogen) atoms. The van der Waals surface area contributed by atoms with Gasteiger partial charge in [0.05, 0.1) is 18.0 Å². The number of carbonyl (C=O) groups is 1.